The summed E-state index contributed by atoms with van der Waals surface area (Å²) in [6.45, 7) is 10.2. The van der Waals surface area contributed by atoms with Crippen LogP contribution in [0.25, 0.3) is 0 Å². The molecule has 138 valence electrons. The van der Waals surface area contributed by atoms with Gasteiger partial charge in [-0.3, -0.25) is 9.59 Å². The Hall–Kier alpha value is -1.79. The average Bonchev–Trinajstić information content (AvgIpc) is 2.50. The summed E-state index contributed by atoms with van der Waals surface area (Å²) >= 11 is 0. The van der Waals surface area contributed by atoms with Gasteiger partial charge in [0.15, 0.2) is 0 Å². The van der Waals surface area contributed by atoms with Gasteiger partial charge in [0.05, 0.1) is 0 Å². The molecule has 0 aromatic heterocycles. The van der Waals surface area contributed by atoms with Gasteiger partial charge in [-0.2, -0.15) is 0 Å². The van der Waals surface area contributed by atoms with E-state index >= 15 is 0 Å². The zero-order valence-electron chi connectivity index (χ0n) is 15.4. The van der Waals surface area contributed by atoms with Crippen LogP contribution in [0.3, 0.4) is 0 Å². The van der Waals surface area contributed by atoms with Crippen LogP contribution in [0.2, 0.25) is 0 Å². The molecular formula is C17H31N3O4. The number of hydrogen-bond acceptors (Lipinski definition) is 4. The number of piperazine rings is 1. The van der Waals surface area contributed by atoms with Crippen molar-refractivity contribution in [3.63, 3.8) is 0 Å². The summed E-state index contributed by atoms with van der Waals surface area (Å²) < 4.78 is 5.13. The van der Waals surface area contributed by atoms with Crippen LogP contribution in [-0.2, 0) is 14.3 Å². The predicted molar refractivity (Wildman–Crippen MR) is 91.5 cm³/mol. The third-order valence-corrected chi connectivity index (χ3v) is 3.68. The first kappa shape index (κ1) is 20.3. The highest BCUT2D eigenvalue weighted by atomic mass is 16.6. The van der Waals surface area contributed by atoms with Crippen LogP contribution < -0.4 is 5.32 Å². The van der Waals surface area contributed by atoms with Gasteiger partial charge < -0.3 is 19.9 Å². The van der Waals surface area contributed by atoms with Crippen molar-refractivity contribution < 1.29 is 19.1 Å². The maximum atomic E-state index is 12.2. The summed E-state index contributed by atoms with van der Waals surface area (Å²) in [6, 6.07) is 0. The Morgan fingerprint density at radius 3 is 1.92 bits per heavy atom. The molecule has 0 aromatic carbocycles. The minimum Gasteiger partial charge on any atom is -0.444 e. The number of hydrogen-bond donors (Lipinski definition) is 1. The van der Waals surface area contributed by atoms with Crippen LogP contribution >= 0.6 is 0 Å². The lowest BCUT2D eigenvalue weighted by Crippen LogP contribution is -2.50. The van der Waals surface area contributed by atoms with E-state index < -0.39 is 11.7 Å². The van der Waals surface area contributed by atoms with Crippen LogP contribution in [0.4, 0.5) is 4.79 Å². The van der Waals surface area contributed by atoms with Gasteiger partial charge in [0, 0.05) is 45.6 Å². The molecule has 0 spiro atoms. The van der Waals surface area contributed by atoms with Crippen molar-refractivity contribution in [3.05, 3.63) is 0 Å². The summed E-state index contributed by atoms with van der Waals surface area (Å²) in [6.07, 6.45) is 1.93. The molecule has 24 heavy (non-hydrogen) atoms. The summed E-state index contributed by atoms with van der Waals surface area (Å²) in [5.74, 6) is 0.245. The first-order chi connectivity index (χ1) is 11.2. The van der Waals surface area contributed by atoms with Crippen molar-refractivity contribution in [2.75, 3.05) is 32.7 Å². The number of carbonyl (C=O) groups excluding carboxylic acids is 3. The maximum absolute atomic E-state index is 12.2. The molecule has 1 fully saturated rings. The lowest BCUT2D eigenvalue weighted by atomic mass is 10.2. The van der Waals surface area contributed by atoms with Crippen molar-refractivity contribution in [2.24, 2.45) is 0 Å². The highest BCUT2D eigenvalue weighted by Crippen LogP contribution is 2.08. The van der Waals surface area contributed by atoms with Gasteiger partial charge in [-0.05, 0) is 33.6 Å². The van der Waals surface area contributed by atoms with Gasteiger partial charge in [-0.25, -0.2) is 4.79 Å². The molecule has 7 nitrogen and oxygen atoms in total. The Morgan fingerprint density at radius 1 is 0.958 bits per heavy atom. The molecule has 1 rings (SSSR count). The quantitative estimate of drug-likeness (QED) is 0.747. The summed E-state index contributed by atoms with van der Waals surface area (Å²) in [5, 5.41) is 2.65. The highest BCUT2D eigenvalue weighted by molar-refractivity contribution is 5.78. The zero-order valence-corrected chi connectivity index (χ0v) is 15.4. The second-order valence-electron chi connectivity index (χ2n) is 7.04. The minimum absolute atomic E-state index is 0.0728. The van der Waals surface area contributed by atoms with Crippen LogP contribution in [-0.4, -0.2) is 66.0 Å². The van der Waals surface area contributed by atoms with E-state index in [9.17, 15) is 14.4 Å². The number of nitrogens with zero attached hydrogens (tertiary/aromatic N) is 2. The van der Waals surface area contributed by atoms with Crippen LogP contribution in [0.5, 0.6) is 0 Å². The molecule has 0 unspecified atom stereocenters. The Labute approximate surface area is 144 Å². The van der Waals surface area contributed by atoms with E-state index in [1.54, 1.807) is 25.7 Å². The van der Waals surface area contributed by atoms with Crippen LogP contribution in [0.1, 0.15) is 53.4 Å². The lowest BCUT2D eigenvalue weighted by Gasteiger charge is -2.35. The topological polar surface area (TPSA) is 79.0 Å². The Morgan fingerprint density at radius 2 is 1.46 bits per heavy atom. The minimum atomic E-state index is -0.519. The third-order valence-electron chi connectivity index (χ3n) is 3.68. The molecule has 1 aliphatic heterocycles. The SMILES string of the molecule is CCCC(=O)N1CCN(C(=O)CCCNC(=O)OC(C)(C)C)CC1. The molecule has 1 saturated heterocycles. The molecule has 7 heteroatoms. The van der Waals surface area contributed by atoms with E-state index in [1.165, 1.54) is 0 Å². The summed E-state index contributed by atoms with van der Waals surface area (Å²) in [7, 11) is 0. The first-order valence-corrected chi connectivity index (χ1v) is 8.75. The van der Waals surface area contributed by atoms with E-state index in [4.69, 9.17) is 4.74 Å². The van der Waals surface area contributed by atoms with Crippen LogP contribution in [0.15, 0.2) is 0 Å². The average molecular weight is 341 g/mol. The predicted octanol–water partition coefficient (Wildman–Crippen LogP) is 1.76. The lowest BCUT2D eigenvalue weighted by molar-refractivity contribution is -0.139. The molecule has 0 aliphatic carbocycles. The Kier molecular flexibility index (Phi) is 8.01. The van der Waals surface area contributed by atoms with E-state index in [2.05, 4.69) is 5.32 Å². The van der Waals surface area contributed by atoms with Gasteiger partial charge in [0.25, 0.3) is 0 Å². The second-order valence-corrected chi connectivity index (χ2v) is 7.04. The molecular weight excluding hydrogens is 310 g/mol. The molecule has 0 radical (unpaired) electrons. The highest BCUT2D eigenvalue weighted by Gasteiger charge is 2.23. The number of carbonyl (C=O) groups is 3. The maximum Gasteiger partial charge on any atom is 0.407 e. The van der Waals surface area contributed by atoms with Gasteiger partial charge in [-0.15, -0.1) is 0 Å². The molecule has 1 N–H and O–H groups in total. The van der Waals surface area contributed by atoms with Crippen molar-refractivity contribution in [1.29, 1.82) is 0 Å². The molecule has 1 aliphatic rings. The fourth-order valence-corrected chi connectivity index (χ4v) is 2.48. The van der Waals surface area contributed by atoms with Gasteiger partial charge in [-0.1, -0.05) is 6.92 Å². The van der Waals surface area contributed by atoms with Crippen molar-refractivity contribution in [2.45, 2.75) is 59.0 Å². The first-order valence-electron chi connectivity index (χ1n) is 8.75. The van der Waals surface area contributed by atoms with Gasteiger partial charge in [0.1, 0.15) is 5.60 Å². The molecule has 3 amide bonds. The van der Waals surface area contributed by atoms with E-state index in [1.807, 2.05) is 11.8 Å². The molecule has 0 atom stereocenters. The standard InChI is InChI=1S/C17H31N3O4/c1-5-7-14(21)19-10-12-20(13-11-19)15(22)8-6-9-18-16(23)24-17(2,3)4/h5-13H2,1-4H3,(H,18,23). The number of amides is 3. The largest absolute Gasteiger partial charge is 0.444 e. The monoisotopic (exact) mass is 341 g/mol. The van der Waals surface area contributed by atoms with Crippen LogP contribution in [0, 0.1) is 0 Å². The zero-order chi connectivity index (χ0) is 18.2. The van der Waals surface area contributed by atoms with E-state index in [0.29, 0.717) is 52.0 Å². The second kappa shape index (κ2) is 9.49. The Balaban J connectivity index is 2.19. The number of nitrogens with one attached hydrogen (secondary N) is 1. The van der Waals surface area contributed by atoms with Gasteiger partial charge >= 0.3 is 6.09 Å². The number of ether oxygens (including phenoxy) is 1. The van der Waals surface area contributed by atoms with E-state index in [0.717, 1.165) is 6.42 Å². The number of alkyl carbamates (subject to hydrolysis) is 1. The Bertz CT molecular complexity index is 438. The van der Waals surface area contributed by atoms with Crippen molar-refractivity contribution in [1.82, 2.24) is 15.1 Å². The fraction of sp³-hybridized carbons (Fsp3) is 0.824. The van der Waals surface area contributed by atoms with E-state index in [-0.39, 0.29) is 11.8 Å². The fourth-order valence-electron chi connectivity index (χ4n) is 2.48. The number of rotatable bonds is 6. The molecule has 1 heterocycles. The smallest absolute Gasteiger partial charge is 0.407 e. The van der Waals surface area contributed by atoms with Crippen molar-refractivity contribution >= 4 is 17.9 Å². The molecule has 0 bridgehead atoms. The summed E-state index contributed by atoms with van der Waals surface area (Å²) in [5.41, 5.74) is -0.519. The normalized spacial score (nSPS) is 15.2. The van der Waals surface area contributed by atoms with Gasteiger partial charge in [0.2, 0.25) is 11.8 Å². The van der Waals surface area contributed by atoms with Crippen molar-refractivity contribution in [3.8, 4) is 0 Å². The molecule has 0 aromatic rings. The third kappa shape index (κ3) is 7.66. The molecule has 0 saturated carbocycles. The summed E-state index contributed by atoms with van der Waals surface area (Å²) in [4.78, 5) is 39.1.